The standard InChI is InChI=1S/C13H25N5O2/c1-4-7-14-10(3)12-17-18-13(20-12)16-9-6-11(19)15-8-5-2/h10,14H,4-9H2,1-3H3,(H,15,19)(H,16,18). The first kappa shape index (κ1) is 16.4. The van der Waals surface area contributed by atoms with Gasteiger partial charge in [-0.05, 0) is 26.3 Å². The van der Waals surface area contributed by atoms with Crippen molar-refractivity contribution in [2.75, 3.05) is 25.0 Å². The normalized spacial score (nSPS) is 12.2. The highest BCUT2D eigenvalue weighted by atomic mass is 16.4. The van der Waals surface area contributed by atoms with Crippen LogP contribution in [0.15, 0.2) is 4.42 Å². The van der Waals surface area contributed by atoms with Gasteiger partial charge in [-0.3, -0.25) is 4.79 Å². The van der Waals surface area contributed by atoms with Crippen molar-refractivity contribution in [3.8, 4) is 0 Å². The van der Waals surface area contributed by atoms with Gasteiger partial charge >= 0.3 is 6.01 Å². The van der Waals surface area contributed by atoms with Crippen molar-refractivity contribution in [3.05, 3.63) is 5.89 Å². The van der Waals surface area contributed by atoms with Gasteiger partial charge in [-0.15, -0.1) is 5.10 Å². The fourth-order valence-corrected chi connectivity index (χ4v) is 1.56. The summed E-state index contributed by atoms with van der Waals surface area (Å²) in [4.78, 5) is 11.4. The van der Waals surface area contributed by atoms with Crippen LogP contribution in [0.3, 0.4) is 0 Å². The van der Waals surface area contributed by atoms with Crippen molar-refractivity contribution in [3.63, 3.8) is 0 Å². The van der Waals surface area contributed by atoms with Crippen LogP contribution in [0.2, 0.25) is 0 Å². The Hall–Kier alpha value is -1.63. The van der Waals surface area contributed by atoms with E-state index in [1.54, 1.807) is 0 Å². The van der Waals surface area contributed by atoms with Crippen LogP contribution < -0.4 is 16.0 Å². The highest BCUT2D eigenvalue weighted by molar-refractivity contribution is 5.76. The van der Waals surface area contributed by atoms with Gasteiger partial charge in [-0.2, -0.15) is 0 Å². The molecule has 7 heteroatoms. The third-order valence-corrected chi connectivity index (χ3v) is 2.71. The lowest BCUT2D eigenvalue weighted by Gasteiger charge is -2.07. The number of anilines is 1. The van der Waals surface area contributed by atoms with E-state index in [4.69, 9.17) is 4.42 Å². The summed E-state index contributed by atoms with van der Waals surface area (Å²) in [6.07, 6.45) is 2.38. The fourth-order valence-electron chi connectivity index (χ4n) is 1.56. The van der Waals surface area contributed by atoms with E-state index in [1.165, 1.54) is 0 Å². The van der Waals surface area contributed by atoms with E-state index >= 15 is 0 Å². The second-order valence-corrected chi connectivity index (χ2v) is 4.65. The van der Waals surface area contributed by atoms with Crippen molar-refractivity contribution >= 4 is 11.9 Å². The number of hydrogen-bond acceptors (Lipinski definition) is 6. The molecule has 20 heavy (non-hydrogen) atoms. The van der Waals surface area contributed by atoms with Gasteiger partial charge in [0.15, 0.2) is 0 Å². The van der Waals surface area contributed by atoms with Gasteiger partial charge in [0.25, 0.3) is 0 Å². The van der Waals surface area contributed by atoms with Crippen molar-refractivity contribution in [2.45, 2.75) is 46.1 Å². The smallest absolute Gasteiger partial charge is 0.315 e. The number of carbonyl (C=O) groups is 1. The first-order valence-electron chi connectivity index (χ1n) is 7.24. The zero-order chi connectivity index (χ0) is 14.8. The zero-order valence-corrected chi connectivity index (χ0v) is 12.5. The molecule has 0 saturated heterocycles. The molecule has 0 bridgehead atoms. The topological polar surface area (TPSA) is 92.1 Å². The Morgan fingerprint density at radius 1 is 1.20 bits per heavy atom. The van der Waals surface area contributed by atoms with Crippen molar-refractivity contribution in [1.29, 1.82) is 0 Å². The van der Waals surface area contributed by atoms with Crippen LogP contribution in [0.5, 0.6) is 0 Å². The quantitative estimate of drug-likeness (QED) is 0.602. The highest BCUT2D eigenvalue weighted by Gasteiger charge is 2.12. The van der Waals surface area contributed by atoms with E-state index in [2.05, 4.69) is 33.1 Å². The summed E-state index contributed by atoms with van der Waals surface area (Å²) in [5, 5.41) is 16.9. The maximum atomic E-state index is 11.4. The van der Waals surface area contributed by atoms with Gasteiger partial charge in [0.1, 0.15) is 0 Å². The summed E-state index contributed by atoms with van der Waals surface area (Å²) >= 11 is 0. The molecule has 0 aromatic carbocycles. The second-order valence-electron chi connectivity index (χ2n) is 4.65. The van der Waals surface area contributed by atoms with E-state index in [0.29, 0.717) is 31.4 Å². The van der Waals surface area contributed by atoms with E-state index < -0.39 is 0 Å². The summed E-state index contributed by atoms with van der Waals surface area (Å²) in [5.41, 5.74) is 0. The number of amides is 1. The molecule has 1 atom stereocenters. The number of hydrogen-bond donors (Lipinski definition) is 3. The Morgan fingerprint density at radius 3 is 2.65 bits per heavy atom. The average Bonchev–Trinajstić information content (AvgIpc) is 2.91. The van der Waals surface area contributed by atoms with Crippen molar-refractivity contribution in [1.82, 2.24) is 20.8 Å². The minimum atomic E-state index is 0.0251. The monoisotopic (exact) mass is 283 g/mol. The molecule has 0 saturated carbocycles. The molecule has 1 aromatic heterocycles. The van der Waals surface area contributed by atoms with Gasteiger partial charge in [-0.1, -0.05) is 18.9 Å². The summed E-state index contributed by atoms with van der Waals surface area (Å²) in [6, 6.07) is 0.388. The largest absolute Gasteiger partial charge is 0.406 e. The van der Waals surface area contributed by atoms with Crippen LogP contribution in [0.4, 0.5) is 6.01 Å². The Labute approximate surface area is 119 Å². The fraction of sp³-hybridized carbons (Fsp3) is 0.769. The van der Waals surface area contributed by atoms with Gasteiger partial charge < -0.3 is 20.4 Å². The lowest BCUT2D eigenvalue weighted by Crippen LogP contribution is -2.25. The average molecular weight is 283 g/mol. The van der Waals surface area contributed by atoms with Crippen LogP contribution in [-0.4, -0.2) is 35.7 Å². The second kappa shape index (κ2) is 9.30. The molecule has 1 amide bonds. The minimum absolute atomic E-state index is 0.0251. The Bertz CT molecular complexity index is 394. The van der Waals surface area contributed by atoms with Gasteiger partial charge in [-0.25, -0.2) is 0 Å². The number of rotatable bonds is 10. The molecule has 0 radical (unpaired) electrons. The summed E-state index contributed by atoms with van der Waals surface area (Å²) in [5.74, 6) is 0.577. The predicted molar refractivity (Wildman–Crippen MR) is 77.4 cm³/mol. The molecule has 1 aromatic rings. The summed E-state index contributed by atoms with van der Waals surface area (Å²) in [7, 11) is 0. The van der Waals surface area contributed by atoms with Gasteiger partial charge in [0.2, 0.25) is 11.8 Å². The van der Waals surface area contributed by atoms with Gasteiger partial charge in [0.05, 0.1) is 6.04 Å². The Balaban J connectivity index is 2.28. The molecular weight excluding hydrogens is 258 g/mol. The van der Waals surface area contributed by atoms with Crippen molar-refractivity contribution in [2.24, 2.45) is 0 Å². The summed E-state index contributed by atoms with van der Waals surface area (Å²) in [6.45, 7) is 8.20. The lowest BCUT2D eigenvalue weighted by molar-refractivity contribution is -0.120. The molecule has 1 unspecified atom stereocenters. The molecule has 1 rings (SSSR count). The molecule has 0 spiro atoms. The first-order valence-corrected chi connectivity index (χ1v) is 7.24. The molecular formula is C13H25N5O2. The third kappa shape index (κ3) is 6.01. The number of nitrogens with one attached hydrogen (secondary N) is 3. The molecule has 0 aliphatic heterocycles. The van der Waals surface area contributed by atoms with E-state index in [-0.39, 0.29) is 11.9 Å². The number of nitrogens with zero attached hydrogens (tertiary/aromatic N) is 2. The van der Waals surface area contributed by atoms with Crippen LogP contribution in [0, 0.1) is 0 Å². The number of carbonyl (C=O) groups excluding carboxylic acids is 1. The van der Waals surface area contributed by atoms with E-state index in [9.17, 15) is 4.79 Å². The van der Waals surface area contributed by atoms with Crippen molar-refractivity contribution < 1.29 is 9.21 Å². The highest BCUT2D eigenvalue weighted by Crippen LogP contribution is 2.13. The molecule has 1 heterocycles. The van der Waals surface area contributed by atoms with E-state index in [0.717, 1.165) is 19.4 Å². The van der Waals surface area contributed by atoms with Crippen LogP contribution >= 0.6 is 0 Å². The third-order valence-electron chi connectivity index (χ3n) is 2.71. The molecule has 0 aliphatic rings. The maximum Gasteiger partial charge on any atom is 0.315 e. The molecule has 7 nitrogen and oxygen atoms in total. The lowest BCUT2D eigenvalue weighted by atomic mass is 10.3. The minimum Gasteiger partial charge on any atom is -0.406 e. The predicted octanol–water partition coefficient (Wildman–Crippen LogP) is 1.46. The Morgan fingerprint density at radius 2 is 1.95 bits per heavy atom. The zero-order valence-electron chi connectivity index (χ0n) is 12.5. The van der Waals surface area contributed by atoms with Crippen LogP contribution in [0.1, 0.15) is 52.0 Å². The first-order chi connectivity index (χ1) is 9.67. The molecule has 0 fully saturated rings. The summed E-state index contributed by atoms with van der Waals surface area (Å²) < 4.78 is 5.48. The van der Waals surface area contributed by atoms with Crippen LogP contribution in [-0.2, 0) is 4.79 Å². The molecule has 114 valence electrons. The van der Waals surface area contributed by atoms with Crippen LogP contribution in [0.25, 0.3) is 0 Å². The Kier molecular flexibility index (Phi) is 7.64. The molecule has 3 N–H and O–H groups in total. The SMILES string of the molecule is CCCNC(=O)CCNc1nnc(C(C)NCCC)o1. The van der Waals surface area contributed by atoms with E-state index in [1.807, 2.05) is 13.8 Å². The molecule has 0 aliphatic carbocycles. The number of aromatic nitrogens is 2. The maximum absolute atomic E-state index is 11.4. The van der Waals surface area contributed by atoms with Gasteiger partial charge in [0, 0.05) is 19.5 Å².